The van der Waals surface area contributed by atoms with E-state index < -0.39 is 44.2 Å². The number of aromatic nitrogens is 4. The van der Waals surface area contributed by atoms with E-state index in [2.05, 4.69) is 25.1 Å². The number of fused-ring (bicyclic) bond motifs is 2. The van der Waals surface area contributed by atoms with Crippen LogP contribution in [0.4, 0.5) is 8.78 Å². The number of hydrogen-bond acceptors (Lipinski definition) is 7. The number of nitrogens with two attached hydrogens (primary N) is 1. The monoisotopic (exact) mass is 582 g/mol. The molecule has 0 amide bonds. The summed E-state index contributed by atoms with van der Waals surface area (Å²) < 4.78 is 57.3. The Hall–Kier alpha value is -4.17. The summed E-state index contributed by atoms with van der Waals surface area (Å²) >= 11 is 0. The van der Waals surface area contributed by atoms with E-state index in [-0.39, 0.29) is 25.1 Å². The first-order valence-corrected chi connectivity index (χ1v) is 14.4. The Balaban J connectivity index is 1.60. The predicted octanol–water partition coefficient (Wildman–Crippen LogP) is 2.93. The molecular formula is C27H28F2N8O3S. The minimum absolute atomic E-state index is 0.0544. The largest absolute Gasteiger partial charge is 0.373 e. The second kappa shape index (κ2) is 11.0. The van der Waals surface area contributed by atoms with Gasteiger partial charge in [-0.3, -0.25) is 14.8 Å². The second-order valence-corrected chi connectivity index (χ2v) is 11.7. The Bertz CT molecular complexity index is 1680. The van der Waals surface area contributed by atoms with E-state index in [9.17, 15) is 22.0 Å². The molecule has 14 heteroatoms. The van der Waals surface area contributed by atoms with Gasteiger partial charge in [0, 0.05) is 31.9 Å². The lowest BCUT2D eigenvalue weighted by atomic mass is 9.60. The summed E-state index contributed by atoms with van der Waals surface area (Å²) in [6.45, 7) is 1.78. The van der Waals surface area contributed by atoms with Gasteiger partial charge >= 0.3 is 0 Å². The lowest BCUT2D eigenvalue weighted by Crippen LogP contribution is -2.52. The van der Waals surface area contributed by atoms with Crippen LogP contribution in [0.5, 0.6) is 0 Å². The van der Waals surface area contributed by atoms with Gasteiger partial charge in [-0.1, -0.05) is 12.5 Å². The minimum Gasteiger partial charge on any atom is -0.373 e. The molecule has 41 heavy (non-hydrogen) atoms. The molecule has 214 valence electrons. The smallest absolute Gasteiger partial charge is 0.276 e. The number of pyridine rings is 2. The fourth-order valence-electron chi connectivity index (χ4n) is 5.73. The number of amidine groups is 1. The van der Waals surface area contributed by atoms with Crippen LogP contribution in [0.1, 0.15) is 47.9 Å². The first kappa shape index (κ1) is 28.4. The molecule has 3 heterocycles. The molecule has 11 nitrogen and oxygen atoms in total. The van der Waals surface area contributed by atoms with Gasteiger partial charge in [-0.25, -0.2) is 27.5 Å². The molecule has 3 aromatic heterocycles. The van der Waals surface area contributed by atoms with Gasteiger partial charge in [0.25, 0.3) is 10.0 Å². The molecular weight excluding hydrogens is 554 g/mol. The van der Waals surface area contributed by atoms with Crippen molar-refractivity contribution in [2.75, 3.05) is 13.6 Å². The maximum Gasteiger partial charge on any atom is 0.276 e. The summed E-state index contributed by atoms with van der Waals surface area (Å²) in [5.74, 6) is -1.64. The highest BCUT2D eigenvalue weighted by Crippen LogP contribution is 2.51. The van der Waals surface area contributed by atoms with Gasteiger partial charge in [0.15, 0.2) is 5.78 Å². The molecule has 0 unspecified atom stereocenters. The maximum atomic E-state index is 14.2. The predicted molar refractivity (Wildman–Crippen MR) is 149 cm³/mol. The van der Waals surface area contributed by atoms with Gasteiger partial charge in [0.1, 0.15) is 17.8 Å². The van der Waals surface area contributed by atoms with Crippen molar-refractivity contribution in [3.63, 3.8) is 0 Å². The van der Waals surface area contributed by atoms with Gasteiger partial charge < -0.3 is 5.73 Å². The third-order valence-electron chi connectivity index (χ3n) is 7.57. The number of sulfonamides is 1. The van der Waals surface area contributed by atoms with E-state index >= 15 is 0 Å². The fraction of sp³-hybridized carbons (Fsp3) is 0.333. The molecule has 5 rings (SSSR count). The van der Waals surface area contributed by atoms with Crippen LogP contribution < -0.4 is 5.73 Å². The van der Waals surface area contributed by atoms with Gasteiger partial charge in [-0.15, -0.1) is 0 Å². The molecule has 0 radical (unpaired) electrons. The van der Waals surface area contributed by atoms with E-state index in [1.165, 1.54) is 29.8 Å². The topological polar surface area (TPSA) is 149 Å². The first-order chi connectivity index (χ1) is 19.6. The summed E-state index contributed by atoms with van der Waals surface area (Å²) in [4.78, 5) is 29.5. The first-order valence-electron chi connectivity index (χ1n) is 12.9. The maximum absolute atomic E-state index is 14.2. The number of rotatable bonds is 7. The van der Waals surface area contributed by atoms with Gasteiger partial charge in [-0.05, 0) is 55.5 Å². The van der Waals surface area contributed by atoms with Crippen LogP contribution in [0.3, 0.4) is 0 Å². The van der Waals surface area contributed by atoms with Gasteiger partial charge in [0.2, 0.25) is 11.1 Å². The van der Waals surface area contributed by atoms with E-state index in [1.54, 1.807) is 23.9 Å². The lowest BCUT2D eigenvalue weighted by Gasteiger charge is -2.46. The molecule has 0 spiro atoms. The Kier molecular flexibility index (Phi) is 7.62. The Morgan fingerprint density at radius 2 is 2.07 bits per heavy atom. The van der Waals surface area contributed by atoms with Crippen molar-refractivity contribution in [2.24, 2.45) is 21.1 Å². The lowest BCUT2D eigenvalue weighted by molar-refractivity contribution is 0.0739. The van der Waals surface area contributed by atoms with Crippen LogP contribution in [0.15, 0.2) is 58.4 Å². The van der Waals surface area contributed by atoms with Crippen molar-refractivity contribution < 1.29 is 22.0 Å². The van der Waals surface area contributed by atoms with E-state index in [0.29, 0.717) is 24.2 Å². The molecule has 2 N–H and O–H groups in total. The number of halogens is 2. The number of ketones is 1. The standard InChI is InChI=1S/C27H28F2N8O3S/c1-3-36(41(39,40)26(30)34-16-31-2)20-5-4-18-10-23-17(14-35-37(23)21-6-7-24(29)33-15-21)12-27(18,13-20)25(38)22-11-19(28)8-9-32-22/h6-11,14-16,20H,3-5,12-13H2,1-2H3,(H2,30,31,34)/t20-,27-/m0/s1. The molecule has 0 bridgehead atoms. The number of aliphatic imine (C=N–C) groups is 2. The average Bonchev–Trinajstić information content (AvgIpc) is 3.36. The molecule has 2 atom stereocenters. The van der Waals surface area contributed by atoms with Gasteiger partial charge in [0.05, 0.1) is 29.2 Å². The number of allylic oxidation sites excluding steroid dienone is 1. The van der Waals surface area contributed by atoms with Crippen LogP contribution >= 0.6 is 0 Å². The number of carbonyl (C=O) groups is 1. The van der Waals surface area contributed by atoms with Crippen molar-refractivity contribution in [3.05, 3.63) is 77.1 Å². The highest BCUT2D eigenvalue weighted by atomic mass is 32.2. The second-order valence-electron chi connectivity index (χ2n) is 9.87. The number of hydrogen-bond donors (Lipinski definition) is 1. The van der Waals surface area contributed by atoms with E-state index in [4.69, 9.17) is 5.73 Å². The van der Waals surface area contributed by atoms with Crippen LogP contribution in [-0.2, 0) is 16.4 Å². The summed E-state index contributed by atoms with van der Waals surface area (Å²) in [7, 11) is -2.73. The number of Topliss-reactive ketones (excluding diaryl/α,β-unsaturated/α-hetero) is 1. The third-order valence-corrected chi connectivity index (χ3v) is 9.38. The zero-order chi connectivity index (χ0) is 29.4. The molecule has 0 aromatic carbocycles. The van der Waals surface area contributed by atoms with Crippen LogP contribution in [0.2, 0.25) is 0 Å². The fourth-order valence-corrected chi connectivity index (χ4v) is 7.06. The summed E-state index contributed by atoms with van der Waals surface area (Å²) in [6, 6.07) is 4.42. The summed E-state index contributed by atoms with van der Waals surface area (Å²) in [5, 5.41) is 3.87. The van der Waals surface area contributed by atoms with Crippen molar-refractivity contribution in [1.82, 2.24) is 24.1 Å². The molecule has 3 aromatic rings. The van der Waals surface area contributed by atoms with E-state index in [0.717, 1.165) is 29.6 Å². The third kappa shape index (κ3) is 5.08. The Morgan fingerprint density at radius 3 is 2.76 bits per heavy atom. The van der Waals surface area contributed by atoms with Crippen LogP contribution in [0.25, 0.3) is 11.8 Å². The van der Waals surface area contributed by atoms with E-state index in [1.807, 2.05) is 6.08 Å². The van der Waals surface area contributed by atoms with Crippen molar-refractivity contribution in [2.45, 2.75) is 38.6 Å². The summed E-state index contributed by atoms with van der Waals surface area (Å²) in [5.41, 5.74) is 7.29. The number of carbonyl (C=O) groups excluding carboxylic acids is 1. The van der Waals surface area contributed by atoms with Crippen LogP contribution in [0, 0.1) is 17.2 Å². The van der Waals surface area contributed by atoms with Gasteiger partial charge in [-0.2, -0.15) is 13.8 Å². The Labute approximate surface area is 235 Å². The highest BCUT2D eigenvalue weighted by molar-refractivity contribution is 8.04. The van der Waals surface area contributed by atoms with Crippen molar-refractivity contribution in [3.8, 4) is 5.69 Å². The molecule has 2 aliphatic carbocycles. The number of nitrogens with zero attached hydrogens (tertiary/aromatic N) is 7. The SMILES string of the molecule is CCN([C@H]1CCC2=Cc3c(cnn3-c3ccc(F)nc3)C[C@]2(C(=O)c2cc(F)ccn2)C1)S(=O)(=O)C(N)=NC=NC. The normalized spacial score (nSPS) is 21.0. The molecule has 1 saturated carbocycles. The zero-order valence-electron chi connectivity index (χ0n) is 22.4. The Morgan fingerprint density at radius 1 is 1.27 bits per heavy atom. The van der Waals surface area contributed by atoms with Crippen molar-refractivity contribution in [1.29, 1.82) is 0 Å². The summed E-state index contributed by atoms with van der Waals surface area (Å²) in [6.07, 6.45) is 8.19. The molecule has 1 fully saturated rings. The molecule has 2 aliphatic rings. The highest BCUT2D eigenvalue weighted by Gasteiger charge is 2.51. The van der Waals surface area contributed by atoms with Crippen LogP contribution in [-0.4, -0.2) is 69.4 Å². The minimum atomic E-state index is -4.17. The molecule has 0 aliphatic heterocycles. The molecule has 0 saturated heterocycles. The average molecular weight is 583 g/mol. The van der Waals surface area contributed by atoms with Crippen molar-refractivity contribution >= 4 is 33.4 Å². The quantitative estimate of drug-likeness (QED) is 0.195. The zero-order valence-corrected chi connectivity index (χ0v) is 23.2.